The Morgan fingerprint density at radius 1 is 1.07 bits per heavy atom. The molecule has 5 rings (SSSR count). The standard InChI is InChI=1S/C21H21N5O/c27-20(13-16-6-5-14-3-1-2-4-19(14)16)22-17-9-7-15(8-10-17)21-23-24-25-26(21)18-11-12-18/h1-4,7-10,16,18H,5-6,11-13H2,(H,22,27). The van der Waals surface area contributed by atoms with Gasteiger partial charge in [-0.3, -0.25) is 4.79 Å². The monoisotopic (exact) mass is 359 g/mol. The minimum Gasteiger partial charge on any atom is -0.326 e. The first kappa shape index (κ1) is 16.2. The molecular weight excluding hydrogens is 338 g/mol. The summed E-state index contributed by atoms with van der Waals surface area (Å²) >= 11 is 0. The molecule has 0 bridgehead atoms. The largest absolute Gasteiger partial charge is 0.326 e. The van der Waals surface area contributed by atoms with Crippen molar-refractivity contribution in [3.05, 3.63) is 59.7 Å². The van der Waals surface area contributed by atoms with E-state index in [-0.39, 0.29) is 5.91 Å². The summed E-state index contributed by atoms with van der Waals surface area (Å²) < 4.78 is 1.89. The molecule has 2 aliphatic carbocycles. The second kappa shape index (κ2) is 6.61. The summed E-state index contributed by atoms with van der Waals surface area (Å²) in [6, 6.07) is 16.6. The minimum absolute atomic E-state index is 0.0623. The fraction of sp³-hybridized carbons (Fsp3) is 0.333. The zero-order valence-corrected chi connectivity index (χ0v) is 15.0. The Bertz CT molecular complexity index is 974. The number of carbonyl (C=O) groups is 1. The molecule has 6 heteroatoms. The lowest BCUT2D eigenvalue weighted by molar-refractivity contribution is -0.116. The van der Waals surface area contributed by atoms with Gasteiger partial charge in [-0.25, -0.2) is 4.68 Å². The smallest absolute Gasteiger partial charge is 0.224 e. The molecule has 1 heterocycles. The molecule has 0 aliphatic heterocycles. The Labute approximate surface area is 157 Å². The first-order valence-electron chi connectivity index (χ1n) is 9.54. The first-order valence-corrected chi connectivity index (χ1v) is 9.54. The lowest BCUT2D eigenvalue weighted by atomic mass is 9.97. The number of fused-ring (bicyclic) bond motifs is 1. The van der Waals surface area contributed by atoms with E-state index < -0.39 is 0 Å². The second-order valence-corrected chi connectivity index (χ2v) is 7.44. The average Bonchev–Trinajstić information content (AvgIpc) is 3.28. The van der Waals surface area contributed by atoms with Crippen molar-refractivity contribution in [3.63, 3.8) is 0 Å². The molecule has 136 valence electrons. The Morgan fingerprint density at radius 3 is 2.70 bits per heavy atom. The van der Waals surface area contributed by atoms with Crippen LogP contribution in [0.1, 0.15) is 48.8 Å². The van der Waals surface area contributed by atoms with E-state index in [0.717, 1.165) is 42.8 Å². The molecule has 1 amide bonds. The number of aromatic nitrogens is 4. The summed E-state index contributed by atoms with van der Waals surface area (Å²) in [5, 5.41) is 15.1. The number of carbonyl (C=O) groups excluding carboxylic acids is 1. The highest BCUT2D eigenvalue weighted by molar-refractivity contribution is 5.91. The predicted octanol–water partition coefficient (Wildman–Crippen LogP) is 3.73. The van der Waals surface area contributed by atoms with Crippen molar-refractivity contribution in [2.75, 3.05) is 5.32 Å². The summed E-state index contributed by atoms with van der Waals surface area (Å²) in [6.45, 7) is 0. The van der Waals surface area contributed by atoms with Crippen LogP contribution in [0.2, 0.25) is 0 Å². The van der Waals surface area contributed by atoms with Gasteiger partial charge in [0, 0.05) is 17.7 Å². The van der Waals surface area contributed by atoms with Gasteiger partial charge < -0.3 is 5.32 Å². The van der Waals surface area contributed by atoms with E-state index in [9.17, 15) is 4.79 Å². The number of anilines is 1. The van der Waals surface area contributed by atoms with E-state index in [1.54, 1.807) is 0 Å². The third-order valence-electron chi connectivity index (χ3n) is 5.50. The fourth-order valence-electron chi connectivity index (χ4n) is 3.94. The van der Waals surface area contributed by atoms with Crippen molar-refractivity contribution in [3.8, 4) is 11.4 Å². The summed E-state index contributed by atoms with van der Waals surface area (Å²) in [7, 11) is 0. The molecule has 1 saturated carbocycles. The molecule has 6 nitrogen and oxygen atoms in total. The van der Waals surface area contributed by atoms with E-state index in [2.05, 4.69) is 45.1 Å². The van der Waals surface area contributed by atoms with Crippen LogP contribution in [-0.4, -0.2) is 26.1 Å². The van der Waals surface area contributed by atoms with Crippen LogP contribution in [0.3, 0.4) is 0 Å². The highest BCUT2D eigenvalue weighted by Gasteiger charge is 2.28. The SMILES string of the molecule is O=C(CC1CCc2ccccc21)Nc1ccc(-c2nnnn2C2CC2)cc1. The van der Waals surface area contributed by atoms with Gasteiger partial charge in [-0.05, 0) is 77.4 Å². The molecule has 0 saturated heterocycles. The Morgan fingerprint density at radius 2 is 1.89 bits per heavy atom. The van der Waals surface area contributed by atoms with E-state index in [1.807, 2.05) is 28.9 Å². The maximum absolute atomic E-state index is 12.5. The third-order valence-corrected chi connectivity index (χ3v) is 5.50. The highest BCUT2D eigenvalue weighted by Crippen LogP contribution is 2.37. The predicted molar refractivity (Wildman–Crippen MR) is 102 cm³/mol. The number of hydrogen-bond acceptors (Lipinski definition) is 4. The van der Waals surface area contributed by atoms with Crippen molar-refractivity contribution in [2.45, 2.75) is 44.1 Å². The summed E-state index contributed by atoms with van der Waals surface area (Å²) in [5.41, 5.74) is 4.48. The Balaban J connectivity index is 1.25. The fourth-order valence-corrected chi connectivity index (χ4v) is 3.94. The van der Waals surface area contributed by atoms with Crippen molar-refractivity contribution in [1.29, 1.82) is 0 Å². The zero-order chi connectivity index (χ0) is 18.2. The molecule has 1 unspecified atom stereocenters. The van der Waals surface area contributed by atoms with E-state index in [1.165, 1.54) is 11.1 Å². The highest BCUT2D eigenvalue weighted by atomic mass is 16.1. The van der Waals surface area contributed by atoms with Crippen LogP contribution >= 0.6 is 0 Å². The molecule has 1 N–H and O–H groups in total. The van der Waals surface area contributed by atoms with Gasteiger partial charge in [-0.2, -0.15) is 0 Å². The van der Waals surface area contributed by atoms with E-state index in [0.29, 0.717) is 18.4 Å². The first-order chi connectivity index (χ1) is 13.3. The summed E-state index contributed by atoms with van der Waals surface area (Å²) in [6.07, 6.45) is 4.92. The molecule has 0 spiro atoms. The summed E-state index contributed by atoms with van der Waals surface area (Å²) in [4.78, 5) is 12.5. The molecule has 2 aliphatic rings. The number of tetrazole rings is 1. The summed E-state index contributed by atoms with van der Waals surface area (Å²) in [5.74, 6) is 1.17. The maximum atomic E-state index is 12.5. The number of aryl methyl sites for hydroxylation is 1. The topological polar surface area (TPSA) is 72.7 Å². The number of benzene rings is 2. The van der Waals surface area contributed by atoms with Crippen LogP contribution < -0.4 is 5.32 Å². The molecule has 27 heavy (non-hydrogen) atoms. The third kappa shape index (κ3) is 3.23. The van der Waals surface area contributed by atoms with Gasteiger partial charge in [-0.15, -0.1) is 5.10 Å². The lowest BCUT2D eigenvalue weighted by Gasteiger charge is -2.12. The minimum atomic E-state index is 0.0623. The van der Waals surface area contributed by atoms with E-state index >= 15 is 0 Å². The van der Waals surface area contributed by atoms with Crippen molar-refractivity contribution >= 4 is 11.6 Å². The van der Waals surface area contributed by atoms with Crippen LogP contribution in [0.25, 0.3) is 11.4 Å². The van der Waals surface area contributed by atoms with Gasteiger partial charge in [0.1, 0.15) is 0 Å². The van der Waals surface area contributed by atoms with Crippen LogP contribution in [-0.2, 0) is 11.2 Å². The molecule has 3 aromatic rings. The Hall–Kier alpha value is -3.02. The van der Waals surface area contributed by atoms with Gasteiger partial charge in [-0.1, -0.05) is 24.3 Å². The number of hydrogen-bond donors (Lipinski definition) is 1. The number of nitrogens with one attached hydrogen (secondary N) is 1. The van der Waals surface area contributed by atoms with Crippen LogP contribution in [0.15, 0.2) is 48.5 Å². The molecule has 1 aromatic heterocycles. The maximum Gasteiger partial charge on any atom is 0.224 e. The normalized spacial score (nSPS) is 18.3. The molecule has 2 aromatic carbocycles. The van der Waals surface area contributed by atoms with Crippen molar-refractivity contribution in [2.24, 2.45) is 0 Å². The number of amides is 1. The van der Waals surface area contributed by atoms with Crippen molar-refractivity contribution < 1.29 is 4.79 Å². The van der Waals surface area contributed by atoms with Gasteiger partial charge in [0.05, 0.1) is 6.04 Å². The van der Waals surface area contributed by atoms with Gasteiger partial charge in [0.25, 0.3) is 0 Å². The molecular formula is C21H21N5O. The van der Waals surface area contributed by atoms with Gasteiger partial charge in [0.15, 0.2) is 5.82 Å². The number of rotatable bonds is 5. The van der Waals surface area contributed by atoms with E-state index in [4.69, 9.17) is 0 Å². The van der Waals surface area contributed by atoms with Gasteiger partial charge >= 0.3 is 0 Å². The Kier molecular flexibility index (Phi) is 3.96. The van der Waals surface area contributed by atoms with Crippen LogP contribution in [0, 0.1) is 0 Å². The zero-order valence-electron chi connectivity index (χ0n) is 15.0. The van der Waals surface area contributed by atoms with Crippen LogP contribution in [0.4, 0.5) is 5.69 Å². The second-order valence-electron chi connectivity index (χ2n) is 7.44. The van der Waals surface area contributed by atoms with Crippen LogP contribution in [0.5, 0.6) is 0 Å². The molecule has 1 atom stereocenters. The van der Waals surface area contributed by atoms with Crippen molar-refractivity contribution in [1.82, 2.24) is 20.2 Å². The number of nitrogens with zero attached hydrogens (tertiary/aromatic N) is 4. The quantitative estimate of drug-likeness (QED) is 0.753. The molecule has 1 fully saturated rings. The van der Waals surface area contributed by atoms with Gasteiger partial charge in [0.2, 0.25) is 5.91 Å². The average molecular weight is 359 g/mol. The molecule has 0 radical (unpaired) electrons. The lowest BCUT2D eigenvalue weighted by Crippen LogP contribution is -2.14.